The number of ether oxygens (including phenoxy) is 1. The quantitative estimate of drug-likeness (QED) is 0.459. The van der Waals surface area contributed by atoms with Crippen molar-refractivity contribution in [2.24, 2.45) is 0 Å². The van der Waals surface area contributed by atoms with E-state index in [9.17, 15) is 13.2 Å². The van der Waals surface area contributed by atoms with Crippen molar-refractivity contribution in [2.75, 3.05) is 31.3 Å². The highest BCUT2D eigenvalue weighted by Gasteiger charge is 2.07. The van der Waals surface area contributed by atoms with Gasteiger partial charge in [0, 0.05) is 19.4 Å². The number of halogens is 1. The molecule has 1 aromatic rings. The Balaban J connectivity index is 2.38. The first-order chi connectivity index (χ1) is 10.3. The number of hydrogen-bond donors (Lipinski definition) is 2. The van der Waals surface area contributed by atoms with Gasteiger partial charge in [0.25, 0.3) is 0 Å². The van der Waals surface area contributed by atoms with Crippen LogP contribution in [0, 0.1) is 0 Å². The third-order valence-corrected chi connectivity index (χ3v) is 3.79. The summed E-state index contributed by atoms with van der Waals surface area (Å²) in [4.78, 5) is 14.5. The monoisotopic (exact) mass is 394 g/mol. The Hall–Kier alpha value is -1.19. The fraction of sp³-hybridized carbons (Fsp3) is 0.538. The Bertz CT molecular complexity index is 606. The van der Waals surface area contributed by atoms with Crippen molar-refractivity contribution in [3.8, 4) is 0 Å². The Morgan fingerprint density at radius 2 is 2.14 bits per heavy atom. The van der Waals surface area contributed by atoms with Gasteiger partial charge in [0.15, 0.2) is 9.84 Å². The molecule has 0 fully saturated rings. The van der Waals surface area contributed by atoms with E-state index in [1.54, 1.807) is 12.1 Å². The number of carbonyl (C=O) groups is 1. The van der Waals surface area contributed by atoms with Crippen LogP contribution in [0.5, 0.6) is 0 Å². The van der Waals surface area contributed by atoms with E-state index in [0.29, 0.717) is 29.1 Å². The predicted octanol–water partition coefficient (Wildman–Crippen LogP) is 1.68. The third kappa shape index (κ3) is 8.96. The lowest BCUT2D eigenvalue weighted by Gasteiger charge is -2.08. The number of aliphatic carboxylic acids is 1. The van der Waals surface area contributed by atoms with Crippen LogP contribution in [-0.2, 0) is 25.1 Å². The topological polar surface area (TPSA) is 106 Å². The van der Waals surface area contributed by atoms with Crippen LogP contribution in [0.1, 0.15) is 18.4 Å². The van der Waals surface area contributed by atoms with Crippen LogP contribution in [-0.4, -0.2) is 50.5 Å². The van der Waals surface area contributed by atoms with E-state index in [2.05, 4.69) is 26.2 Å². The maximum atomic E-state index is 11.3. The number of nitrogens with one attached hydrogen (secondary N) is 1. The molecule has 7 nitrogen and oxygen atoms in total. The normalized spacial score (nSPS) is 11.4. The molecule has 0 bridgehead atoms. The van der Waals surface area contributed by atoms with Gasteiger partial charge in [0.1, 0.15) is 17.0 Å². The van der Waals surface area contributed by atoms with E-state index in [4.69, 9.17) is 9.84 Å². The van der Waals surface area contributed by atoms with Crippen molar-refractivity contribution in [2.45, 2.75) is 18.6 Å². The molecule has 22 heavy (non-hydrogen) atoms. The number of pyridine rings is 1. The van der Waals surface area contributed by atoms with Gasteiger partial charge in [0.2, 0.25) is 0 Å². The molecule has 1 rings (SSSR count). The van der Waals surface area contributed by atoms with Crippen molar-refractivity contribution >= 4 is 37.6 Å². The second-order valence-electron chi connectivity index (χ2n) is 4.83. The molecule has 1 heterocycles. The highest BCUT2D eigenvalue weighted by molar-refractivity contribution is 9.10. The fourth-order valence-electron chi connectivity index (χ4n) is 1.73. The van der Waals surface area contributed by atoms with Gasteiger partial charge in [-0.3, -0.25) is 0 Å². The van der Waals surface area contributed by atoms with E-state index in [0.717, 1.165) is 12.8 Å². The van der Waals surface area contributed by atoms with Gasteiger partial charge in [-0.2, -0.15) is 0 Å². The zero-order chi connectivity index (χ0) is 16.6. The number of aromatic nitrogens is 1. The Morgan fingerprint density at radius 1 is 1.41 bits per heavy atom. The van der Waals surface area contributed by atoms with Crippen molar-refractivity contribution in [1.82, 2.24) is 4.98 Å². The number of rotatable bonds is 10. The number of unbranched alkanes of at least 4 members (excludes halogenated alkanes) is 1. The van der Waals surface area contributed by atoms with Crippen molar-refractivity contribution in [3.05, 3.63) is 22.3 Å². The molecule has 0 radical (unpaired) electrons. The van der Waals surface area contributed by atoms with Crippen LogP contribution in [0.4, 0.5) is 5.82 Å². The van der Waals surface area contributed by atoms with Crippen LogP contribution in [0.15, 0.2) is 16.7 Å². The number of sulfone groups is 1. The molecule has 0 aliphatic carbocycles. The average molecular weight is 395 g/mol. The Labute approximate surface area is 138 Å². The fourth-order valence-corrected chi connectivity index (χ4v) is 2.99. The lowest BCUT2D eigenvalue weighted by Crippen LogP contribution is -2.09. The van der Waals surface area contributed by atoms with Gasteiger partial charge in [-0.15, -0.1) is 0 Å². The first-order valence-corrected chi connectivity index (χ1v) is 9.49. The van der Waals surface area contributed by atoms with Gasteiger partial charge < -0.3 is 15.2 Å². The molecular weight excluding hydrogens is 376 g/mol. The molecule has 124 valence electrons. The molecule has 1 aromatic heterocycles. The lowest BCUT2D eigenvalue weighted by molar-refractivity contribution is -0.142. The molecule has 0 aliphatic rings. The second-order valence-corrected chi connectivity index (χ2v) is 7.79. The SMILES string of the molecule is CS(=O)(=O)Cc1cc(Br)nc(NCCCCOCC(=O)O)c1. The number of carboxylic acid groups (broad SMARTS) is 1. The van der Waals surface area contributed by atoms with Crippen LogP contribution in [0.3, 0.4) is 0 Å². The van der Waals surface area contributed by atoms with E-state index < -0.39 is 15.8 Å². The summed E-state index contributed by atoms with van der Waals surface area (Å²) in [6.07, 6.45) is 2.70. The van der Waals surface area contributed by atoms with Gasteiger partial charge in [-0.05, 0) is 46.5 Å². The van der Waals surface area contributed by atoms with Crippen LogP contribution in [0.25, 0.3) is 0 Å². The summed E-state index contributed by atoms with van der Waals surface area (Å²) < 4.78 is 28.1. The maximum absolute atomic E-state index is 11.3. The number of nitrogens with zero attached hydrogens (tertiary/aromatic N) is 1. The van der Waals surface area contributed by atoms with Crippen molar-refractivity contribution < 1.29 is 23.1 Å². The van der Waals surface area contributed by atoms with Gasteiger partial charge in [-0.1, -0.05) is 0 Å². The molecule has 0 aliphatic heterocycles. The molecule has 0 atom stereocenters. The van der Waals surface area contributed by atoms with Gasteiger partial charge in [-0.25, -0.2) is 18.2 Å². The summed E-state index contributed by atoms with van der Waals surface area (Å²) in [7, 11) is -3.09. The molecule has 2 N–H and O–H groups in total. The molecule has 0 spiro atoms. The van der Waals surface area contributed by atoms with Crippen LogP contribution >= 0.6 is 15.9 Å². The van der Waals surface area contributed by atoms with Crippen LogP contribution in [0.2, 0.25) is 0 Å². The van der Waals surface area contributed by atoms with E-state index in [-0.39, 0.29) is 12.4 Å². The zero-order valence-electron chi connectivity index (χ0n) is 12.2. The number of anilines is 1. The molecular formula is C13H19BrN2O5S. The zero-order valence-corrected chi connectivity index (χ0v) is 14.6. The number of hydrogen-bond acceptors (Lipinski definition) is 6. The molecule has 0 saturated heterocycles. The lowest BCUT2D eigenvalue weighted by atomic mass is 10.3. The standard InChI is InChI=1S/C13H19BrN2O5S/c1-22(19,20)9-10-6-11(14)16-12(7-10)15-4-2-3-5-21-8-13(17)18/h6-7H,2-5,8-9H2,1H3,(H,15,16)(H,17,18). The van der Waals surface area contributed by atoms with Gasteiger partial charge >= 0.3 is 5.97 Å². The Kier molecular flexibility index (Phi) is 7.77. The van der Waals surface area contributed by atoms with Gasteiger partial charge in [0.05, 0.1) is 5.75 Å². The minimum atomic E-state index is -3.09. The maximum Gasteiger partial charge on any atom is 0.329 e. The second kappa shape index (κ2) is 9.06. The Morgan fingerprint density at radius 3 is 2.77 bits per heavy atom. The van der Waals surface area contributed by atoms with Crippen molar-refractivity contribution in [3.63, 3.8) is 0 Å². The molecule has 0 saturated carbocycles. The minimum Gasteiger partial charge on any atom is -0.480 e. The predicted molar refractivity (Wildman–Crippen MR) is 86.7 cm³/mol. The molecule has 9 heteroatoms. The van der Waals surface area contributed by atoms with E-state index >= 15 is 0 Å². The van der Waals surface area contributed by atoms with E-state index in [1.807, 2.05) is 0 Å². The summed E-state index contributed by atoms with van der Waals surface area (Å²) in [5, 5.41) is 11.5. The highest BCUT2D eigenvalue weighted by Crippen LogP contribution is 2.17. The minimum absolute atomic E-state index is 0.0359. The molecule has 0 aromatic carbocycles. The van der Waals surface area contributed by atoms with Crippen molar-refractivity contribution in [1.29, 1.82) is 0 Å². The first-order valence-electron chi connectivity index (χ1n) is 6.64. The number of carboxylic acids is 1. The van der Waals surface area contributed by atoms with Crippen LogP contribution < -0.4 is 5.32 Å². The first kappa shape index (κ1) is 18.9. The summed E-state index contributed by atoms with van der Waals surface area (Å²) in [6.45, 7) is 0.743. The molecule has 0 amide bonds. The summed E-state index contributed by atoms with van der Waals surface area (Å²) in [5.74, 6) is -0.416. The average Bonchev–Trinajstić information content (AvgIpc) is 2.34. The third-order valence-electron chi connectivity index (χ3n) is 2.53. The smallest absolute Gasteiger partial charge is 0.329 e. The summed E-state index contributed by atoms with van der Waals surface area (Å²) >= 11 is 3.26. The largest absolute Gasteiger partial charge is 0.480 e. The molecule has 0 unspecified atom stereocenters. The summed E-state index contributed by atoms with van der Waals surface area (Å²) in [5.41, 5.74) is 0.664. The summed E-state index contributed by atoms with van der Waals surface area (Å²) in [6, 6.07) is 3.37. The van der Waals surface area contributed by atoms with E-state index in [1.165, 1.54) is 6.26 Å². The highest BCUT2D eigenvalue weighted by atomic mass is 79.9.